The molecule has 4 rings (SSSR count). The third kappa shape index (κ3) is 3.57. The molecule has 1 aliphatic heterocycles. The van der Waals surface area contributed by atoms with Gasteiger partial charge >= 0.3 is 0 Å². The summed E-state index contributed by atoms with van der Waals surface area (Å²) < 4.78 is 0. The maximum Gasteiger partial charge on any atom is 0.258 e. The molecule has 1 saturated heterocycles. The Balaban J connectivity index is 1.57. The first-order valence-corrected chi connectivity index (χ1v) is 10.2. The monoisotopic (exact) mass is 379 g/mol. The van der Waals surface area contributed by atoms with Gasteiger partial charge < -0.3 is 4.90 Å². The Morgan fingerprint density at radius 1 is 1.23 bits per heavy atom. The van der Waals surface area contributed by atoms with Gasteiger partial charge in [-0.15, -0.1) is 23.1 Å². The van der Waals surface area contributed by atoms with E-state index in [0.717, 1.165) is 44.7 Å². The number of aryl methyl sites for hydroxylation is 1. The minimum atomic E-state index is 0.0453. The van der Waals surface area contributed by atoms with Gasteiger partial charge in [0.05, 0.1) is 10.7 Å². The standard InChI is InChI=1S/C20H17N3OS2/c1-14-4-6-15(7-5-14)20(24)23-9-10-25-18(23)11-17-13-26-19(22-17)16-3-2-8-21-12-16/h2-8,11-13H,9-10H2,1H3/b18-11+. The van der Waals surface area contributed by atoms with E-state index in [9.17, 15) is 4.79 Å². The highest BCUT2D eigenvalue weighted by Crippen LogP contribution is 2.32. The molecular weight excluding hydrogens is 362 g/mol. The Morgan fingerprint density at radius 3 is 2.85 bits per heavy atom. The number of thiazole rings is 1. The fourth-order valence-corrected chi connectivity index (χ4v) is 4.49. The molecule has 1 amide bonds. The first-order chi connectivity index (χ1) is 12.7. The van der Waals surface area contributed by atoms with E-state index < -0.39 is 0 Å². The molecule has 0 N–H and O–H groups in total. The van der Waals surface area contributed by atoms with E-state index in [-0.39, 0.29) is 5.91 Å². The van der Waals surface area contributed by atoms with Crippen molar-refractivity contribution in [1.82, 2.24) is 14.9 Å². The van der Waals surface area contributed by atoms with Crippen LogP contribution in [-0.2, 0) is 0 Å². The highest BCUT2D eigenvalue weighted by Gasteiger charge is 2.25. The third-order valence-electron chi connectivity index (χ3n) is 4.08. The minimum Gasteiger partial charge on any atom is -0.302 e. The molecule has 6 heteroatoms. The summed E-state index contributed by atoms with van der Waals surface area (Å²) in [5.74, 6) is 0.951. The maximum atomic E-state index is 12.8. The van der Waals surface area contributed by atoms with Crippen molar-refractivity contribution in [1.29, 1.82) is 0 Å². The number of hydrogen-bond acceptors (Lipinski definition) is 5. The second-order valence-electron chi connectivity index (χ2n) is 5.97. The van der Waals surface area contributed by atoms with Crippen LogP contribution in [0.2, 0.25) is 0 Å². The van der Waals surface area contributed by atoms with E-state index in [1.165, 1.54) is 0 Å². The van der Waals surface area contributed by atoms with E-state index in [4.69, 9.17) is 0 Å². The third-order valence-corrected chi connectivity index (χ3v) is 6.01. The average molecular weight is 380 g/mol. The van der Waals surface area contributed by atoms with Crippen LogP contribution in [0.25, 0.3) is 16.6 Å². The molecule has 0 atom stereocenters. The molecule has 26 heavy (non-hydrogen) atoms. The summed E-state index contributed by atoms with van der Waals surface area (Å²) in [6, 6.07) is 11.6. The SMILES string of the molecule is Cc1ccc(C(=O)N2CCS/C2=C/c2csc(-c3cccnc3)n2)cc1. The average Bonchev–Trinajstić information content (AvgIpc) is 3.33. The predicted octanol–water partition coefficient (Wildman–Crippen LogP) is 4.70. The zero-order valence-corrected chi connectivity index (χ0v) is 15.9. The number of aromatic nitrogens is 2. The van der Waals surface area contributed by atoms with Gasteiger partial charge in [0, 0.05) is 41.2 Å². The number of rotatable bonds is 3. The van der Waals surface area contributed by atoms with Crippen LogP contribution in [0, 0.1) is 6.92 Å². The van der Waals surface area contributed by atoms with Crippen LogP contribution in [0.3, 0.4) is 0 Å². The van der Waals surface area contributed by atoms with Gasteiger partial charge in [-0.3, -0.25) is 9.78 Å². The zero-order chi connectivity index (χ0) is 17.9. The summed E-state index contributed by atoms with van der Waals surface area (Å²) in [7, 11) is 0. The number of benzene rings is 1. The highest BCUT2D eigenvalue weighted by atomic mass is 32.2. The van der Waals surface area contributed by atoms with Crippen LogP contribution in [0.4, 0.5) is 0 Å². The molecule has 3 heterocycles. The van der Waals surface area contributed by atoms with Crippen LogP contribution in [0.1, 0.15) is 21.6 Å². The van der Waals surface area contributed by atoms with Crippen LogP contribution in [0.5, 0.6) is 0 Å². The maximum absolute atomic E-state index is 12.8. The lowest BCUT2D eigenvalue weighted by molar-refractivity contribution is 0.0831. The molecule has 0 saturated carbocycles. The number of carbonyl (C=O) groups is 1. The smallest absolute Gasteiger partial charge is 0.258 e. The first-order valence-electron chi connectivity index (χ1n) is 8.30. The van der Waals surface area contributed by atoms with Crippen LogP contribution >= 0.6 is 23.1 Å². The highest BCUT2D eigenvalue weighted by molar-refractivity contribution is 8.03. The van der Waals surface area contributed by atoms with Crippen LogP contribution < -0.4 is 0 Å². The minimum absolute atomic E-state index is 0.0453. The molecule has 1 aromatic carbocycles. The Bertz CT molecular complexity index is 949. The molecule has 4 nitrogen and oxygen atoms in total. The summed E-state index contributed by atoms with van der Waals surface area (Å²) in [6.45, 7) is 2.75. The van der Waals surface area contributed by atoms with E-state index >= 15 is 0 Å². The molecule has 0 unspecified atom stereocenters. The molecule has 0 radical (unpaired) electrons. The van der Waals surface area contributed by atoms with Gasteiger partial charge in [-0.1, -0.05) is 17.7 Å². The number of nitrogens with zero attached hydrogens (tertiary/aromatic N) is 3. The lowest BCUT2D eigenvalue weighted by atomic mass is 10.1. The van der Waals surface area contributed by atoms with Crippen molar-refractivity contribution >= 4 is 35.1 Å². The van der Waals surface area contributed by atoms with E-state index in [1.807, 2.05) is 65.9 Å². The molecular formula is C20H17N3OS2. The van der Waals surface area contributed by atoms with Crippen molar-refractivity contribution in [2.75, 3.05) is 12.3 Å². The number of carbonyl (C=O) groups excluding carboxylic acids is 1. The second kappa shape index (κ2) is 7.43. The van der Waals surface area contributed by atoms with E-state index in [1.54, 1.807) is 29.3 Å². The van der Waals surface area contributed by atoms with Gasteiger partial charge in [0.25, 0.3) is 5.91 Å². The quantitative estimate of drug-likeness (QED) is 0.662. The number of pyridine rings is 1. The van der Waals surface area contributed by atoms with E-state index in [2.05, 4.69) is 9.97 Å². The topological polar surface area (TPSA) is 46.1 Å². The largest absolute Gasteiger partial charge is 0.302 e. The van der Waals surface area contributed by atoms with Gasteiger partial charge in [0.1, 0.15) is 5.01 Å². The second-order valence-corrected chi connectivity index (χ2v) is 7.95. The van der Waals surface area contributed by atoms with Gasteiger partial charge in [-0.05, 0) is 37.3 Å². The molecule has 2 aromatic heterocycles. The van der Waals surface area contributed by atoms with Crippen molar-refractivity contribution in [2.24, 2.45) is 0 Å². The van der Waals surface area contributed by atoms with Gasteiger partial charge in [-0.2, -0.15) is 0 Å². The normalized spacial score (nSPS) is 15.6. The lowest BCUT2D eigenvalue weighted by Gasteiger charge is -2.17. The molecule has 1 fully saturated rings. The van der Waals surface area contributed by atoms with Crippen molar-refractivity contribution in [2.45, 2.75) is 6.92 Å². The van der Waals surface area contributed by atoms with Crippen LogP contribution in [0.15, 0.2) is 59.2 Å². The number of thioether (sulfide) groups is 1. The molecule has 0 spiro atoms. The Hall–Kier alpha value is -2.44. The molecule has 0 bridgehead atoms. The fourth-order valence-electron chi connectivity index (χ4n) is 2.70. The summed E-state index contributed by atoms with van der Waals surface area (Å²) >= 11 is 3.28. The van der Waals surface area contributed by atoms with Gasteiger partial charge in [-0.25, -0.2) is 4.98 Å². The molecule has 0 aliphatic carbocycles. The van der Waals surface area contributed by atoms with Gasteiger partial charge in [0.2, 0.25) is 0 Å². The van der Waals surface area contributed by atoms with Crippen molar-refractivity contribution in [3.05, 3.63) is 76.0 Å². The van der Waals surface area contributed by atoms with Crippen molar-refractivity contribution in [3.63, 3.8) is 0 Å². The lowest BCUT2D eigenvalue weighted by Crippen LogP contribution is -2.26. The zero-order valence-electron chi connectivity index (χ0n) is 14.3. The number of amides is 1. The predicted molar refractivity (Wildman–Crippen MR) is 108 cm³/mol. The van der Waals surface area contributed by atoms with Crippen LogP contribution in [-0.4, -0.2) is 33.1 Å². The number of hydrogen-bond donors (Lipinski definition) is 0. The summed E-state index contributed by atoms with van der Waals surface area (Å²) in [5, 5.41) is 3.91. The summed E-state index contributed by atoms with van der Waals surface area (Å²) in [5.41, 5.74) is 3.76. The van der Waals surface area contributed by atoms with Gasteiger partial charge in [0.15, 0.2) is 0 Å². The molecule has 1 aliphatic rings. The fraction of sp³-hybridized carbons (Fsp3) is 0.150. The van der Waals surface area contributed by atoms with Crippen molar-refractivity contribution < 1.29 is 4.79 Å². The van der Waals surface area contributed by atoms with Crippen molar-refractivity contribution in [3.8, 4) is 10.6 Å². The molecule has 130 valence electrons. The first kappa shape index (κ1) is 17.0. The Kier molecular flexibility index (Phi) is 4.86. The van der Waals surface area contributed by atoms with E-state index in [0.29, 0.717) is 0 Å². The summed E-state index contributed by atoms with van der Waals surface area (Å²) in [6.07, 6.45) is 5.57. The Labute approximate surface area is 160 Å². The molecule has 3 aromatic rings. The Morgan fingerprint density at radius 2 is 2.08 bits per heavy atom. The summed E-state index contributed by atoms with van der Waals surface area (Å²) in [4.78, 5) is 23.5.